The largest absolute Gasteiger partial charge is 0.495 e. The number of nitrogens with one attached hydrogen (secondary N) is 2. The summed E-state index contributed by atoms with van der Waals surface area (Å²) in [6.07, 6.45) is 6.99. The number of nitriles is 1. The van der Waals surface area contributed by atoms with Crippen LogP contribution in [0.4, 0.5) is 11.6 Å². The molecule has 1 aliphatic heterocycles. The number of tetrazole rings is 1. The molecule has 1 saturated heterocycles. The smallest absolute Gasteiger partial charge is 0.227 e. The van der Waals surface area contributed by atoms with Crippen molar-refractivity contribution in [3.8, 4) is 28.7 Å². The highest BCUT2D eigenvalue weighted by Gasteiger charge is 2.17. The molecule has 1 aliphatic rings. The molecule has 2 aromatic heterocycles. The van der Waals surface area contributed by atoms with Gasteiger partial charge in [0.25, 0.3) is 0 Å². The highest BCUT2D eigenvalue weighted by molar-refractivity contribution is 5.68. The summed E-state index contributed by atoms with van der Waals surface area (Å²) >= 11 is 0. The molecule has 11 heteroatoms. The lowest BCUT2D eigenvalue weighted by Crippen LogP contribution is -2.26. The lowest BCUT2D eigenvalue weighted by molar-refractivity contribution is 0.192. The maximum Gasteiger partial charge on any atom is 0.227 e. The summed E-state index contributed by atoms with van der Waals surface area (Å²) in [4.78, 5) is 9.06. The fraction of sp³-hybridized carbons (Fsp3) is 0.333. The Balaban J connectivity index is 1.32. The van der Waals surface area contributed by atoms with Crippen LogP contribution in [0, 0.1) is 11.3 Å². The number of methoxy groups -OCH3 is 1. The van der Waals surface area contributed by atoms with E-state index < -0.39 is 0 Å². The van der Waals surface area contributed by atoms with Crippen molar-refractivity contribution in [3.05, 3.63) is 66.2 Å². The minimum Gasteiger partial charge on any atom is -0.495 e. The number of nitrogens with zero attached hydrogens (tertiary/aromatic N) is 7. The van der Waals surface area contributed by atoms with Crippen LogP contribution >= 0.6 is 0 Å². The van der Waals surface area contributed by atoms with Crippen molar-refractivity contribution < 1.29 is 9.47 Å². The van der Waals surface area contributed by atoms with Crippen molar-refractivity contribution in [2.75, 3.05) is 25.5 Å². The number of benzene rings is 2. The first kappa shape index (κ1) is 25.1. The second-order valence-corrected chi connectivity index (χ2v) is 9.19. The number of ether oxygens (including phenoxy) is 2. The Bertz CT molecular complexity index is 1400. The molecule has 5 rings (SSSR count). The molecule has 0 bridgehead atoms. The molecule has 11 nitrogen and oxygen atoms in total. The average Bonchev–Trinajstić information content (AvgIpc) is 3.47. The maximum absolute atomic E-state index is 9.56. The number of rotatable bonds is 9. The van der Waals surface area contributed by atoms with Crippen molar-refractivity contribution >= 4 is 11.6 Å². The lowest BCUT2D eigenvalue weighted by atomic mass is 9.90. The van der Waals surface area contributed by atoms with Gasteiger partial charge in [0.05, 0.1) is 24.9 Å². The van der Waals surface area contributed by atoms with Crippen LogP contribution in [0.15, 0.2) is 55.1 Å². The van der Waals surface area contributed by atoms with E-state index in [4.69, 9.17) is 9.47 Å². The molecule has 4 aromatic rings. The van der Waals surface area contributed by atoms with Gasteiger partial charge in [-0.15, -0.1) is 5.10 Å². The molecule has 194 valence electrons. The molecular formula is C27H29N9O2. The van der Waals surface area contributed by atoms with E-state index in [2.05, 4.69) is 54.3 Å². The monoisotopic (exact) mass is 511 g/mol. The lowest BCUT2D eigenvalue weighted by Gasteiger charge is -2.24. The van der Waals surface area contributed by atoms with E-state index in [1.165, 1.54) is 11.9 Å². The summed E-state index contributed by atoms with van der Waals surface area (Å²) in [7, 11) is 1.66. The Kier molecular flexibility index (Phi) is 7.70. The van der Waals surface area contributed by atoms with Gasteiger partial charge >= 0.3 is 0 Å². The summed E-state index contributed by atoms with van der Waals surface area (Å²) in [5.74, 6) is 2.20. The SMILES string of the molecule is COc1ccc(C2CCNCC2)cc1Nc1ncc(-c2ccc(C#N)c(OC(C)Cn3cnnn3)c2)cn1. The van der Waals surface area contributed by atoms with Crippen LogP contribution in [-0.2, 0) is 6.54 Å². The van der Waals surface area contributed by atoms with Gasteiger partial charge in [0.15, 0.2) is 0 Å². The predicted molar refractivity (Wildman–Crippen MR) is 141 cm³/mol. The highest BCUT2D eigenvalue weighted by Crippen LogP contribution is 2.34. The van der Waals surface area contributed by atoms with Crippen LogP contribution < -0.4 is 20.1 Å². The van der Waals surface area contributed by atoms with E-state index >= 15 is 0 Å². The Morgan fingerprint density at radius 2 is 1.92 bits per heavy atom. The van der Waals surface area contributed by atoms with Gasteiger partial charge in [0, 0.05) is 18.0 Å². The van der Waals surface area contributed by atoms with Gasteiger partial charge < -0.3 is 20.1 Å². The maximum atomic E-state index is 9.56. The summed E-state index contributed by atoms with van der Waals surface area (Å²) < 4.78 is 13.2. The van der Waals surface area contributed by atoms with E-state index in [-0.39, 0.29) is 6.10 Å². The molecule has 0 amide bonds. The Hall–Kier alpha value is -4.56. The van der Waals surface area contributed by atoms with Gasteiger partial charge in [0.1, 0.15) is 30.0 Å². The van der Waals surface area contributed by atoms with Crippen molar-refractivity contribution in [1.29, 1.82) is 5.26 Å². The molecule has 3 heterocycles. The van der Waals surface area contributed by atoms with Gasteiger partial charge in [-0.1, -0.05) is 12.1 Å². The number of aromatic nitrogens is 6. The Labute approximate surface area is 220 Å². The first-order valence-electron chi connectivity index (χ1n) is 12.5. The quantitative estimate of drug-likeness (QED) is 0.342. The molecule has 1 fully saturated rings. The third kappa shape index (κ3) is 5.87. The topological polar surface area (TPSA) is 136 Å². The third-order valence-corrected chi connectivity index (χ3v) is 6.53. The summed E-state index contributed by atoms with van der Waals surface area (Å²) in [6.45, 7) is 4.41. The van der Waals surface area contributed by atoms with Gasteiger partial charge in [-0.3, -0.25) is 0 Å². The fourth-order valence-electron chi connectivity index (χ4n) is 4.57. The normalized spacial score (nSPS) is 14.4. The first-order valence-corrected chi connectivity index (χ1v) is 12.5. The molecule has 0 spiro atoms. The molecule has 38 heavy (non-hydrogen) atoms. The molecule has 1 atom stereocenters. The van der Waals surface area contributed by atoms with Crippen LogP contribution in [0.2, 0.25) is 0 Å². The van der Waals surface area contributed by atoms with Gasteiger partial charge in [0.2, 0.25) is 5.95 Å². The first-order chi connectivity index (χ1) is 18.6. The summed E-state index contributed by atoms with van der Waals surface area (Å²) in [5, 5.41) is 27.4. The molecule has 2 aromatic carbocycles. The van der Waals surface area contributed by atoms with Crippen molar-refractivity contribution in [3.63, 3.8) is 0 Å². The molecule has 0 saturated carbocycles. The highest BCUT2D eigenvalue weighted by atomic mass is 16.5. The van der Waals surface area contributed by atoms with Crippen LogP contribution in [-0.4, -0.2) is 56.5 Å². The zero-order valence-corrected chi connectivity index (χ0v) is 21.3. The second-order valence-electron chi connectivity index (χ2n) is 9.19. The van der Waals surface area contributed by atoms with E-state index in [1.807, 2.05) is 25.1 Å². The minimum absolute atomic E-state index is 0.251. The van der Waals surface area contributed by atoms with E-state index in [0.29, 0.717) is 29.7 Å². The molecule has 1 unspecified atom stereocenters. The number of hydrogen-bond acceptors (Lipinski definition) is 10. The van der Waals surface area contributed by atoms with Crippen molar-refractivity contribution in [2.45, 2.75) is 38.3 Å². The number of anilines is 2. The molecule has 2 N–H and O–H groups in total. The van der Waals surface area contributed by atoms with E-state index in [0.717, 1.165) is 48.5 Å². The Morgan fingerprint density at radius 3 is 2.63 bits per heavy atom. The number of hydrogen-bond donors (Lipinski definition) is 2. The van der Waals surface area contributed by atoms with Crippen LogP contribution in [0.1, 0.15) is 36.8 Å². The number of piperidine rings is 1. The second kappa shape index (κ2) is 11.7. The van der Waals surface area contributed by atoms with Crippen LogP contribution in [0.25, 0.3) is 11.1 Å². The predicted octanol–water partition coefficient (Wildman–Crippen LogP) is 3.69. The van der Waals surface area contributed by atoms with Gasteiger partial charge in [-0.05, 0) is 84.6 Å². The molecule has 0 aliphatic carbocycles. The third-order valence-electron chi connectivity index (χ3n) is 6.53. The van der Waals surface area contributed by atoms with Crippen LogP contribution in [0.3, 0.4) is 0 Å². The van der Waals surface area contributed by atoms with Gasteiger partial charge in [-0.25, -0.2) is 14.6 Å². The van der Waals surface area contributed by atoms with E-state index in [9.17, 15) is 5.26 Å². The summed E-state index contributed by atoms with van der Waals surface area (Å²) in [6, 6.07) is 13.9. The molecule has 0 radical (unpaired) electrons. The van der Waals surface area contributed by atoms with E-state index in [1.54, 1.807) is 30.3 Å². The standard InChI is InChI=1S/C27H29N9O2/c1-18(16-36-17-32-34-35-36)38-26-12-21(3-4-22(26)13-28)23-14-30-27(31-15-23)33-24-11-20(5-6-25(24)37-2)19-7-9-29-10-8-19/h3-6,11-12,14-15,17-19,29H,7-10,16H2,1-2H3,(H,30,31,33). The van der Waals surface area contributed by atoms with Crippen molar-refractivity contribution in [2.24, 2.45) is 0 Å². The zero-order valence-electron chi connectivity index (χ0n) is 21.3. The Morgan fingerprint density at radius 1 is 1.11 bits per heavy atom. The fourth-order valence-corrected chi connectivity index (χ4v) is 4.57. The van der Waals surface area contributed by atoms with Crippen LogP contribution in [0.5, 0.6) is 11.5 Å². The minimum atomic E-state index is -0.251. The molecular weight excluding hydrogens is 482 g/mol. The average molecular weight is 512 g/mol. The summed E-state index contributed by atoms with van der Waals surface area (Å²) in [5.41, 5.74) is 4.20. The van der Waals surface area contributed by atoms with Crippen molar-refractivity contribution in [1.82, 2.24) is 35.5 Å². The van der Waals surface area contributed by atoms with Gasteiger partial charge in [-0.2, -0.15) is 5.26 Å². The zero-order chi connectivity index (χ0) is 26.3.